The molecule has 2 nitrogen and oxygen atoms in total. The molecule has 14 heavy (non-hydrogen) atoms. The fourth-order valence-corrected chi connectivity index (χ4v) is 1.47. The van der Waals surface area contributed by atoms with E-state index in [1.807, 2.05) is 21.0 Å². The number of aliphatic hydroxyl groups is 1. The van der Waals surface area contributed by atoms with Crippen molar-refractivity contribution < 1.29 is 5.11 Å². The fraction of sp³-hybridized carbons (Fsp3) is 0.500. The van der Waals surface area contributed by atoms with Crippen molar-refractivity contribution in [3.8, 4) is 0 Å². The second-order valence-electron chi connectivity index (χ2n) is 4.06. The van der Waals surface area contributed by atoms with Gasteiger partial charge in [-0.05, 0) is 43.5 Å². The van der Waals surface area contributed by atoms with E-state index in [-0.39, 0.29) is 6.10 Å². The van der Waals surface area contributed by atoms with E-state index in [1.165, 1.54) is 16.8 Å². The van der Waals surface area contributed by atoms with Crippen LogP contribution in [0.4, 0.5) is 5.69 Å². The first-order valence-corrected chi connectivity index (χ1v) is 4.95. The van der Waals surface area contributed by atoms with Gasteiger partial charge in [0.1, 0.15) is 0 Å². The van der Waals surface area contributed by atoms with Gasteiger partial charge in [0, 0.05) is 19.8 Å². The second-order valence-corrected chi connectivity index (χ2v) is 4.06. The lowest BCUT2D eigenvalue weighted by Crippen LogP contribution is -2.11. The summed E-state index contributed by atoms with van der Waals surface area (Å²) in [5.41, 5.74) is 3.66. The van der Waals surface area contributed by atoms with Crippen LogP contribution in [-0.4, -0.2) is 25.3 Å². The molecule has 2 heteroatoms. The first-order valence-electron chi connectivity index (χ1n) is 4.95. The van der Waals surface area contributed by atoms with Crippen LogP contribution >= 0.6 is 0 Å². The third-order valence-electron chi connectivity index (χ3n) is 2.36. The Bertz CT molecular complexity index is 305. The molecule has 0 aromatic heterocycles. The number of benzene rings is 1. The predicted molar refractivity (Wildman–Crippen MR) is 60.9 cm³/mol. The van der Waals surface area contributed by atoms with Crippen molar-refractivity contribution in [3.05, 3.63) is 29.3 Å². The van der Waals surface area contributed by atoms with E-state index >= 15 is 0 Å². The van der Waals surface area contributed by atoms with Crippen LogP contribution in [0.3, 0.4) is 0 Å². The molecule has 1 N–H and O–H groups in total. The molecular weight excluding hydrogens is 174 g/mol. The molecule has 0 fully saturated rings. The van der Waals surface area contributed by atoms with Gasteiger partial charge in [0.15, 0.2) is 0 Å². The van der Waals surface area contributed by atoms with Crippen LogP contribution in [0, 0.1) is 6.92 Å². The first-order chi connectivity index (χ1) is 6.50. The Balaban J connectivity index is 2.96. The van der Waals surface area contributed by atoms with Gasteiger partial charge in [-0.25, -0.2) is 0 Å². The maximum Gasteiger partial charge on any atom is 0.0552 e. The van der Waals surface area contributed by atoms with Gasteiger partial charge < -0.3 is 10.0 Å². The predicted octanol–water partition coefficient (Wildman–Crippen LogP) is 1.98. The normalized spacial score (nSPS) is 12.6. The maximum absolute atomic E-state index is 9.35. The van der Waals surface area contributed by atoms with E-state index in [1.54, 1.807) is 0 Å². The number of anilines is 1. The minimum atomic E-state index is -0.272. The molecule has 1 atom stereocenters. The number of aliphatic hydroxyl groups excluding tert-OH is 1. The molecule has 0 radical (unpaired) electrons. The maximum atomic E-state index is 9.35. The number of aryl methyl sites for hydroxylation is 1. The number of nitrogens with zero attached hydrogens (tertiary/aromatic N) is 1. The Morgan fingerprint density at radius 3 is 2.50 bits per heavy atom. The van der Waals surface area contributed by atoms with Crippen molar-refractivity contribution >= 4 is 5.69 Å². The summed E-state index contributed by atoms with van der Waals surface area (Å²) in [4.78, 5) is 2.07. The van der Waals surface area contributed by atoms with Gasteiger partial charge in [0.2, 0.25) is 0 Å². The van der Waals surface area contributed by atoms with Crippen molar-refractivity contribution in [2.45, 2.75) is 26.4 Å². The highest BCUT2D eigenvalue weighted by molar-refractivity contribution is 5.49. The van der Waals surface area contributed by atoms with Crippen molar-refractivity contribution in [1.82, 2.24) is 0 Å². The van der Waals surface area contributed by atoms with Crippen LogP contribution in [0.2, 0.25) is 0 Å². The van der Waals surface area contributed by atoms with E-state index in [9.17, 15) is 5.11 Å². The van der Waals surface area contributed by atoms with Crippen molar-refractivity contribution in [2.75, 3.05) is 19.0 Å². The monoisotopic (exact) mass is 193 g/mol. The highest BCUT2D eigenvalue weighted by Crippen LogP contribution is 2.18. The van der Waals surface area contributed by atoms with Crippen molar-refractivity contribution in [1.29, 1.82) is 0 Å². The Hall–Kier alpha value is -1.02. The van der Waals surface area contributed by atoms with Crippen LogP contribution in [0.1, 0.15) is 18.1 Å². The highest BCUT2D eigenvalue weighted by atomic mass is 16.3. The lowest BCUT2D eigenvalue weighted by Gasteiger charge is -2.16. The van der Waals surface area contributed by atoms with Crippen LogP contribution in [0.25, 0.3) is 0 Å². The molecule has 78 valence electrons. The van der Waals surface area contributed by atoms with Crippen molar-refractivity contribution in [2.24, 2.45) is 0 Å². The summed E-state index contributed by atoms with van der Waals surface area (Å²) in [6, 6.07) is 6.34. The van der Waals surface area contributed by atoms with Crippen LogP contribution < -0.4 is 4.90 Å². The van der Waals surface area contributed by atoms with Crippen LogP contribution in [0.15, 0.2) is 18.2 Å². The Morgan fingerprint density at radius 2 is 2.00 bits per heavy atom. The number of rotatable bonds is 3. The topological polar surface area (TPSA) is 23.5 Å². The minimum absolute atomic E-state index is 0.272. The zero-order chi connectivity index (χ0) is 10.7. The molecule has 0 aliphatic rings. The average molecular weight is 193 g/mol. The summed E-state index contributed by atoms with van der Waals surface area (Å²) in [5.74, 6) is 0. The summed E-state index contributed by atoms with van der Waals surface area (Å²) in [6.45, 7) is 3.90. The molecule has 0 aliphatic carbocycles. The molecular formula is C12H19NO. The van der Waals surface area contributed by atoms with E-state index in [4.69, 9.17) is 0 Å². The Kier molecular flexibility index (Phi) is 3.53. The lowest BCUT2D eigenvalue weighted by atomic mass is 10.0. The lowest BCUT2D eigenvalue weighted by molar-refractivity contribution is 0.195. The summed E-state index contributed by atoms with van der Waals surface area (Å²) in [6.07, 6.45) is 0.458. The van der Waals surface area contributed by atoms with Gasteiger partial charge in [0.25, 0.3) is 0 Å². The summed E-state index contributed by atoms with van der Waals surface area (Å²) in [7, 11) is 4.05. The van der Waals surface area contributed by atoms with Gasteiger partial charge >= 0.3 is 0 Å². The molecule has 0 spiro atoms. The standard InChI is InChI=1S/C12H19NO/c1-9-5-6-12(13(3)4)8-11(9)7-10(2)14/h5-6,8,10,14H,7H2,1-4H3. The van der Waals surface area contributed by atoms with Gasteiger partial charge in [-0.15, -0.1) is 0 Å². The highest BCUT2D eigenvalue weighted by Gasteiger charge is 2.04. The molecule has 1 unspecified atom stereocenters. The quantitative estimate of drug-likeness (QED) is 0.793. The number of hydrogen-bond donors (Lipinski definition) is 1. The molecule has 0 bridgehead atoms. The average Bonchev–Trinajstić information content (AvgIpc) is 2.07. The smallest absolute Gasteiger partial charge is 0.0552 e. The van der Waals surface area contributed by atoms with E-state index in [0.29, 0.717) is 0 Å². The summed E-state index contributed by atoms with van der Waals surface area (Å²) < 4.78 is 0. The fourth-order valence-electron chi connectivity index (χ4n) is 1.47. The molecule has 0 saturated heterocycles. The van der Waals surface area contributed by atoms with Crippen LogP contribution in [-0.2, 0) is 6.42 Å². The molecule has 1 aromatic carbocycles. The van der Waals surface area contributed by atoms with E-state index in [0.717, 1.165) is 6.42 Å². The largest absolute Gasteiger partial charge is 0.393 e. The molecule has 0 saturated carbocycles. The second kappa shape index (κ2) is 4.47. The molecule has 1 aromatic rings. The number of hydrogen-bond acceptors (Lipinski definition) is 2. The van der Waals surface area contributed by atoms with E-state index < -0.39 is 0 Å². The molecule has 0 heterocycles. The SMILES string of the molecule is Cc1ccc(N(C)C)cc1CC(C)O. The minimum Gasteiger partial charge on any atom is -0.393 e. The van der Waals surface area contributed by atoms with Gasteiger partial charge in [-0.1, -0.05) is 6.07 Å². The van der Waals surface area contributed by atoms with Gasteiger partial charge in [0.05, 0.1) is 6.10 Å². The summed E-state index contributed by atoms with van der Waals surface area (Å²) in [5, 5.41) is 9.35. The van der Waals surface area contributed by atoms with Crippen LogP contribution in [0.5, 0.6) is 0 Å². The Labute approximate surface area is 86.2 Å². The Morgan fingerprint density at radius 1 is 1.36 bits per heavy atom. The third-order valence-corrected chi connectivity index (χ3v) is 2.36. The van der Waals surface area contributed by atoms with Gasteiger partial charge in [-0.3, -0.25) is 0 Å². The summed E-state index contributed by atoms with van der Waals surface area (Å²) >= 11 is 0. The van der Waals surface area contributed by atoms with E-state index in [2.05, 4.69) is 30.0 Å². The molecule has 0 amide bonds. The zero-order valence-electron chi connectivity index (χ0n) is 9.41. The zero-order valence-corrected chi connectivity index (χ0v) is 9.41. The molecule has 0 aliphatic heterocycles. The van der Waals surface area contributed by atoms with Crippen molar-refractivity contribution in [3.63, 3.8) is 0 Å². The first kappa shape index (κ1) is 11.1. The van der Waals surface area contributed by atoms with Gasteiger partial charge in [-0.2, -0.15) is 0 Å². The third kappa shape index (κ3) is 2.74. The molecule has 1 rings (SSSR count).